The lowest BCUT2D eigenvalue weighted by Gasteiger charge is -2.28. The molecule has 0 aliphatic carbocycles. The number of piperidine rings is 1. The van der Waals surface area contributed by atoms with Crippen LogP contribution < -0.4 is 9.47 Å². The highest BCUT2D eigenvalue weighted by molar-refractivity contribution is 6.10. The monoisotopic (exact) mass is 536 g/mol. The summed E-state index contributed by atoms with van der Waals surface area (Å²) in [5, 5.41) is 12.5. The van der Waals surface area contributed by atoms with E-state index in [1.807, 2.05) is 0 Å². The Balaban J connectivity index is 2.86. The van der Waals surface area contributed by atoms with Crippen LogP contribution in [0.4, 0.5) is 15.3 Å². The maximum Gasteiger partial charge on any atom is 0.415 e. The van der Waals surface area contributed by atoms with E-state index in [-0.39, 0.29) is 32.8 Å². The number of nitro benzene ring substituents is 1. The molecule has 1 saturated heterocycles. The molecule has 1 aliphatic heterocycles. The minimum Gasteiger partial charge on any atom is -0.462 e. The van der Waals surface area contributed by atoms with Gasteiger partial charge in [-0.2, -0.15) is 0 Å². The Labute approximate surface area is 221 Å². The van der Waals surface area contributed by atoms with Crippen molar-refractivity contribution in [2.75, 3.05) is 45.9 Å². The van der Waals surface area contributed by atoms with Crippen molar-refractivity contribution in [3.63, 3.8) is 0 Å². The van der Waals surface area contributed by atoms with Crippen LogP contribution in [0.25, 0.3) is 0 Å². The van der Waals surface area contributed by atoms with Gasteiger partial charge in [-0.25, -0.2) is 14.4 Å². The van der Waals surface area contributed by atoms with Crippen LogP contribution in [0.2, 0.25) is 0 Å². The number of hydrogen-bond donors (Lipinski definition) is 0. The van der Waals surface area contributed by atoms with Crippen molar-refractivity contribution in [2.24, 2.45) is 0 Å². The number of nitro groups is 1. The van der Waals surface area contributed by atoms with E-state index in [2.05, 4.69) is 0 Å². The molecule has 0 saturated carbocycles. The first-order valence-electron chi connectivity index (χ1n) is 12.9. The summed E-state index contributed by atoms with van der Waals surface area (Å²) >= 11 is 0. The third-order valence-corrected chi connectivity index (χ3v) is 6.19. The van der Waals surface area contributed by atoms with Gasteiger partial charge >= 0.3 is 23.8 Å². The first-order valence-corrected chi connectivity index (χ1v) is 12.9. The number of likely N-dealkylation sites (tertiary alicyclic amines) is 1. The van der Waals surface area contributed by atoms with E-state index in [9.17, 15) is 29.3 Å². The van der Waals surface area contributed by atoms with E-state index < -0.39 is 57.3 Å². The predicted molar refractivity (Wildman–Crippen MR) is 137 cm³/mol. The van der Waals surface area contributed by atoms with Crippen molar-refractivity contribution in [3.8, 4) is 11.5 Å². The Morgan fingerprint density at radius 2 is 1.42 bits per heavy atom. The molecule has 0 spiro atoms. The van der Waals surface area contributed by atoms with E-state index in [4.69, 9.17) is 14.2 Å². The van der Waals surface area contributed by atoms with Gasteiger partial charge in [0.05, 0.1) is 17.1 Å². The Bertz CT molecular complexity index is 1050. The third kappa shape index (κ3) is 6.90. The van der Waals surface area contributed by atoms with Gasteiger partial charge in [0, 0.05) is 45.3 Å². The standard InChI is InChI=1S/C25H36N4O9/c1-6-26(7-2)24(32)37-18-16-17(23(31)36-10-5)19(22(30)28-14-12-11-13-15-28)20(29(34)35)21(18)38-25(33)27(8-3)9-4/h16H,6-15H2,1-5H3. The molecule has 0 radical (unpaired) electrons. The molecular formula is C25H36N4O9. The number of amides is 3. The normalized spacial score (nSPS) is 12.9. The third-order valence-electron chi connectivity index (χ3n) is 6.19. The molecule has 3 amide bonds. The van der Waals surface area contributed by atoms with E-state index in [0.717, 1.165) is 12.5 Å². The zero-order chi connectivity index (χ0) is 28.4. The van der Waals surface area contributed by atoms with Gasteiger partial charge in [-0.1, -0.05) is 0 Å². The molecule has 13 nitrogen and oxygen atoms in total. The number of carbonyl (C=O) groups is 4. The highest BCUT2D eigenvalue weighted by Crippen LogP contribution is 2.43. The second kappa shape index (κ2) is 14.1. The molecule has 2 rings (SSSR count). The molecule has 13 heteroatoms. The number of nitrogens with zero attached hydrogens (tertiary/aromatic N) is 4. The van der Waals surface area contributed by atoms with Gasteiger partial charge in [-0.15, -0.1) is 0 Å². The van der Waals surface area contributed by atoms with Crippen LogP contribution in [0.15, 0.2) is 6.07 Å². The summed E-state index contributed by atoms with van der Waals surface area (Å²) in [6.07, 6.45) is 0.451. The number of carbonyl (C=O) groups excluding carboxylic acids is 4. The maximum absolute atomic E-state index is 13.6. The SMILES string of the molecule is CCOC(=O)c1cc(OC(=O)N(CC)CC)c(OC(=O)N(CC)CC)c([N+](=O)[O-])c1C(=O)N1CCCCC1. The fraction of sp³-hybridized carbons (Fsp3) is 0.600. The van der Waals surface area contributed by atoms with E-state index in [1.165, 1.54) is 14.7 Å². The first-order chi connectivity index (χ1) is 18.1. The summed E-state index contributed by atoms with van der Waals surface area (Å²) in [5.74, 6) is -3.08. The maximum atomic E-state index is 13.6. The van der Waals surface area contributed by atoms with Crippen molar-refractivity contribution >= 4 is 29.8 Å². The van der Waals surface area contributed by atoms with Crippen LogP contribution in [-0.4, -0.2) is 89.6 Å². The smallest absolute Gasteiger partial charge is 0.415 e. The Kier molecular flexibility index (Phi) is 11.3. The van der Waals surface area contributed by atoms with Crippen LogP contribution in [0.3, 0.4) is 0 Å². The quantitative estimate of drug-likeness (QED) is 0.245. The molecule has 1 fully saturated rings. The van der Waals surface area contributed by atoms with Gasteiger partial charge < -0.3 is 28.9 Å². The van der Waals surface area contributed by atoms with Crippen LogP contribution in [0.5, 0.6) is 11.5 Å². The Morgan fingerprint density at radius 1 is 0.895 bits per heavy atom. The molecule has 1 aromatic carbocycles. The number of esters is 1. The van der Waals surface area contributed by atoms with Crippen molar-refractivity contribution in [2.45, 2.75) is 53.9 Å². The summed E-state index contributed by atoms with van der Waals surface area (Å²) in [6.45, 7) is 9.94. The minimum atomic E-state index is -1.02. The zero-order valence-corrected chi connectivity index (χ0v) is 22.6. The van der Waals surface area contributed by atoms with Gasteiger partial charge in [0.25, 0.3) is 11.7 Å². The average Bonchev–Trinajstić information content (AvgIpc) is 2.90. The molecule has 0 unspecified atom stereocenters. The molecule has 1 aromatic rings. The van der Waals surface area contributed by atoms with Crippen LogP contribution in [-0.2, 0) is 4.74 Å². The lowest BCUT2D eigenvalue weighted by atomic mass is 10.0. The fourth-order valence-electron chi connectivity index (χ4n) is 4.09. The molecule has 0 N–H and O–H groups in total. The van der Waals surface area contributed by atoms with Gasteiger partial charge in [0.1, 0.15) is 5.56 Å². The summed E-state index contributed by atoms with van der Waals surface area (Å²) in [5.41, 5.74) is -1.99. The average molecular weight is 537 g/mol. The minimum absolute atomic E-state index is 0.0722. The van der Waals surface area contributed by atoms with Gasteiger partial charge in [-0.05, 0) is 53.9 Å². The van der Waals surface area contributed by atoms with E-state index in [1.54, 1.807) is 34.6 Å². The first kappa shape index (κ1) is 30.3. The van der Waals surface area contributed by atoms with Crippen molar-refractivity contribution < 1.29 is 38.3 Å². The lowest BCUT2D eigenvalue weighted by Crippen LogP contribution is -2.37. The van der Waals surface area contributed by atoms with Crippen LogP contribution in [0.1, 0.15) is 74.6 Å². The van der Waals surface area contributed by atoms with E-state index in [0.29, 0.717) is 25.9 Å². The van der Waals surface area contributed by atoms with Crippen molar-refractivity contribution in [1.82, 2.24) is 14.7 Å². The summed E-state index contributed by atoms with van der Waals surface area (Å²) in [7, 11) is 0. The molecule has 210 valence electrons. The highest BCUT2D eigenvalue weighted by atomic mass is 16.6. The fourth-order valence-corrected chi connectivity index (χ4v) is 4.09. The molecule has 1 heterocycles. The highest BCUT2D eigenvalue weighted by Gasteiger charge is 2.40. The van der Waals surface area contributed by atoms with Crippen molar-refractivity contribution in [1.29, 1.82) is 0 Å². The van der Waals surface area contributed by atoms with Crippen LogP contribution >= 0.6 is 0 Å². The Morgan fingerprint density at radius 3 is 1.89 bits per heavy atom. The zero-order valence-electron chi connectivity index (χ0n) is 22.6. The largest absolute Gasteiger partial charge is 0.462 e. The summed E-state index contributed by atoms with van der Waals surface area (Å²) in [4.78, 5) is 67.8. The molecule has 1 aliphatic rings. The van der Waals surface area contributed by atoms with Gasteiger partial charge in [-0.3, -0.25) is 14.9 Å². The predicted octanol–water partition coefficient (Wildman–Crippen LogP) is 4.08. The van der Waals surface area contributed by atoms with Gasteiger partial charge in [0.15, 0.2) is 5.75 Å². The molecule has 0 bridgehead atoms. The van der Waals surface area contributed by atoms with Crippen molar-refractivity contribution in [3.05, 3.63) is 27.3 Å². The second-order valence-electron chi connectivity index (χ2n) is 8.39. The van der Waals surface area contributed by atoms with Crippen LogP contribution in [0, 0.1) is 10.1 Å². The number of ether oxygens (including phenoxy) is 3. The topological polar surface area (TPSA) is 149 Å². The molecular weight excluding hydrogens is 500 g/mol. The second-order valence-corrected chi connectivity index (χ2v) is 8.39. The number of hydrogen-bond acceptors (Lipinski definition) is 9. The van der Waals surface area contributed by atoms with E-state index >= 15 is 0 Å². The summed E-state index contributed by atoms with van der Waals surface area (Å²) in [6, 6.07) is 0.994. The molecule has 38 heavy (non-hydrogen) atoms. The van der Waals surface area contributed by atoms with Gasteiger partial charge in [0.2, 0.25) is 0 Å². The number of benzene rings is 1. The number of rotatable bonds is 10. The summed E-state index contributed by atoms with van der Waals surface area (Å²) < 4.78 is 15.9. The Hall–Kier alpha value is -3.90. The molecule has 0 aromatic heterocycles. The lowest BCUT2D eigenvalue weighted by molar-refractivity contribution is -0.386. The molecule has 0 atom stereocenters.